The molecule has 1 aromatic carbocycles. The van der Waals surface area contributed by atoms with Gasteiger partial charge in [0, 0.05) is 60.8 Å². The molecule has 0 saturated heterocycles. The van der Waals surface area contributed by atoms with Gasteiger partial charge in [0.1, 0.15) is 0 Å². The quantitative estimate of drug-likeness (QED) is 0.840. The molecule has 0 bridgehead atoms. The van der Waals surface area contributed by atoms with Gasteiger partial charge in [0.15, 0.2) is 0 Å². The van der Waals surface area contributed by atoms with E-state index in [1.54, 1.807) is 31.2 Å². The third-order valence-corrected chi connectivity index (χ3v) is 3.55. The first-order valence-corrected chi connectivity index (χ1v) is 5.39. The first kappa shape index (κ1) is 13.0. The van der Waals surface area contributed by atoms with Crippen LogP contribution in [0.5, 0.6) is 0 Å². The van der Waals surface area contributed by atoms with Crippen molar-refractivity contribution in [3.63, 3.8) is 0 Å². The molecule has 0 aliphatic rings. The summed E-state index contributed by atoms with van der Waals surface area (Å²) in [6.07, 6.45) is 0.303. The summed E-state index contributed by atoms with van der Waals surface area (Å²) in [7, 11) is -3.03. The number of hydrogen-bond donors (Lipinski definition) is 1. The van der Waals surface area contributed by atoms with Crippen molar-refractivity contribution < 1.29 is 58.8 Å². The van der Waals surface area contributed by atoms with Crippen LogP contribution in [0.2, 0.25) is 0 Å². The minimum absolute atomic E-state index is 0. The molecule has 0 aliphatic carbocycles. The fourth-order valence-corrected chi connectivity index (χ4v) is 1.85. The van der Waals surface area contributed by atoms with Gasteiger partial charge < -0.3 is 4.89 Å². The third-order valence-electron chi connectivity index (χ3n) is 1.59. The van der Waals surface area contributed by atoms with Crippen LogP contribution in [-0.4, -0.2) is 11.1 Å². The molecule has 0 fully saturated rings. The summed E-state index contributed by atoms with van der Waals surface area (Å²) >= 11 is 0. The summed E-state index contributed by atoms with van der Waals surface area (Å²) in [6, 6.07) is 8.75. The van der Waals surface area contributed by atoms with Crippen molar-refractivity contribution in [3.8, 4) is 0 Å². The molecular formula is C8H11EuO2P. The summed E-state index contributed by atoms with van der Waals surface area (Å²) in [5.41, 5.74) is 0. The molecule has 1 rings (SSSR count). The number of benzene rings is 1. The molecule has 0 saturated carbocycles. The molecular weight excluding hydrogens is 311 g/mol. The van der Waals surface area contributed by atoms with Crippen molar-refractivity contribution in [1.82, 2.24) is 0 Å². The Hall–Kier alpha value is 0.994. The maximum atomic E-state index is 11.3. The van der Waals surface area contributed by atoms with Crippen molar-refractivity contribution in [2.45, 2.75) is 6.92 Å². The van der Waals surface area contributed by atoms with Crippen molar-refractivity contribution in [1.29, 1.82) is 0 Å². The zero-order valence-electron chi connectivity index (χ0n) is 6.77. The maximum Gasteiger partial charge on any atom is 0.229 e. The van der Waals surface area contributed by atoms with E-state index in [-0.39, 0.29) is 49.4 Å². The zero-order valence-corrected chi connectivity index (χ0v) is 10.1. The molecule has 0 amide bonds. The van der Waals surface area contributed by atoms with Gasteiger partial charge in [0.2, 0.25) is 7.37 Å². The van der Waals surface area contributed by atoms with Crippen LogP contribution in [0.4, 0.5) is 0 Å². The maximum absolute atomic E-state index is 11.3. The molecule has 1 radical (unpaired) electrons. The van der Waals surface area contributed by atoms with Gasteiger partial charge in [-0.1, -0.05) is 25.1 Å². The van der Waals surface area contributed by atoms with E-state index in [1.165, 1.54) is 0 Å². The van der Waals surface area contributed by atoms with Crippen molar-refractivity contribution in [2.24, 2.45) is 0 Å². The summed E-state index contributed by atoms with van der Waals surface area (Å²) in [5.74, 6) is 0. The summed E-state index contributed by atoms with van der Waals surface area (Å²) < 4.78 is 11.3. The minimum Gasteiger partial charge on any atom is -0.341 e. The smallest absolute Gasteiger partial charge is 0.229 e. The van der Waals surface area contributed by atoms with Gasteiger partial charge in [-0.05, 0) is 12.1 Å². The van der Waals surface area contributed by atoms with Crippen LogP contribution in [0.25, 0.3) is 0 Å². The Labute approximate surface area is 113 Å². The molecule has 1 N–H and O–H groups in total. The Kier molecular flexibility index (Phi) is 6.14. The fourth-order valence-electron chi connectivity index (χ4n) is 0.844. The van der Waals surface area contributed by atoms with Crippen molar-refractivity contribution in [2.75, 3.05) is 6.16 Å². The predicted molar refractivity (Wildman–Crippen MR) is 46.4 cm³/mol. The topological polar surface area (TPSA) is 37.3 Å². The standard InChI is InChI=1S/C8H11O2P.Eu/c1-2-11(9,10)8-6-4-3-5-7-8;/h3-7H,2H2,1H3,(H,9,10);. The Morgan fingerprint density at radius 2 is 1.83 bits per heavy atom. The zero-order chi connectivity index (χ0) is 8.32. The van der Waals surface area contributed by atoms with E-state index in [2.05, 4.69) is 0 Å². The van der Waals surface area contributed by atoms with E-state index < -0.39 is 7.37 Å². The van der Waals surface area contributed by atoms with E-state index in [0.717, 1.165) is 0 Å². The molecule has 67 valence electrons. The first-order valence-electron chi connectivity index (χ1n) is 3.54. The van der Waals surface area contributed by atoms with Crippen LogP contribution in [0.15, 0.2) is 30.3 Å². The Morgan fingerprint density at radius 1 is 1.33 bits per heavy atom. The van der Waals surface area contributed by atoms with Gasteiger partial charge >= 0.3 is 0 Å². The fraction of sp³-hybridized carbons (Fsp3) is 0.250. The van der Waals surface area contributed by atoms with Gasteiger partial charge in [-0.25, -0.2) is 0 Å². The Balaban J connectivity index is 0.00000121. The Bertz CT molecular complexity index is 274. The van der Waals surface area contributed by atoms with Gasteiger partial charge in [0.05, 0.1) is 0 Å². The molecule has 2 nitrogen and oxygen atoms in total. The van der Waals surface area contributed by atoms with Crippen LogP contribution in [0.3, 0.4) is 0 Å². The summed E-state index contributed by atoms with van der Waals surface area (Å²) in [5, 5.41) is 0.544. The molecule has 0 heterocycles. The van der Waals surface area contributed by atoms with Crippen LogP contribution >= 0.6 is 7.37 Å². The number of rotatable bonds is 2. The second-order valence-corrected chi connectivity index (χ2v) is 4.91. The summed E-state index contributed by atoms with van der Waals surface area (Å²) in [6.45, 7) is 1.72. The monoisotopic (exact) mass is 323 g/mol. The third kappa shape index (κ3) is 3.39. The predicted octanol–water partition coefficient (Wildman–Crippen LogP) is 1.60. The van der Waals surface area contributed by atoms with E-state index in [9.17, 15) is 9.46 Å². The van der Waals surface area contributed by atoms with Crippen molar-refractivity contribution >= 4 is 12.7 Å². The largest absolute Gasteiger partial charge is 0.341 e. The second-order valence-electron chi connectivity index (χ2n) is 2.35. The minimum atomic E-state index is -3.03. The second kappa shape index (κ2) is 5.67. The van der Waals surface area contributed by atoms with Crippen LogP contribution < -0.4 is 5.30 Å². The van der Waals surface area contributed by atoms with E-state index in [0.29, 0.717) is 11.5 Å². The molecule has 0 aromatic heterocycles. The van der Waals surface area contributed by atoms with Gasteiger partial charge in [-0.2, -0.15) is 0 Å². The molecule has 12 heavy (non-hydrogen) atoms. The molecule has 0 aliphatic heterocycles. The average molecular weight is 322 g/mol. The van der Waals surface area contributed by atoms with E-state index in [1.807, 2.05) is 6.07 Å². The first-order chi connectivity index (χ1) is 5.17. The number of hydrogen-bond acceptors (Lipinski definition) is 1. The molecule has 1 atom stereocenters. The molecule has 1 unspecified atom stereocenters. The molecule has 0 spiro atoms. The summed E-state index contributed by atoms with van der Waals surface area (Å²) in [4.78, 5) is 9.35. The van der Waals surface area contributed by atoms with Crippen LogP contribution in [0.1, 0.15) is 6.92 Å². The Morgan fingerprint density at radius 3 is 2.25 bits per heavy atom. The normalized spacial score (nSPS) is 14.5. The molecule has 1 aromatic rings. The van der Waals surface area contributed by atoms with Crippen LogP contribution in [0, 0.1) is 49.4 Å². The average Bonchev–Trinajstić information content (AvgIpc) is 2.06. The van der Waals surface area contributed by atoms with E-state index >= 15 is 0 Å². The van der Waals surface area contributed by atoms with Gasteiger partial charge in [-0.15, -0.1) is 0 Å². The van der Waals surface area contributed by atoms with Crippen molar-refractivity contribution in [3.05, 3.63) is 30.3 Å². The van der Waals surface area contributed by atoms with E-state index in [4.69, 9.17) is 0 Å². The van der Waals surface area contributed by atoms with Gasteiger partial charge in [0.25, 0.3) is 0 Å². The molecule has 4 heteroatoms. The van der Waals surface area contributed by atoms with Crippen LogP contribution in [-0.2, 0) is 4.57 Å². The van der Waals surface area contributed by atoms with Gasteiger partial charge in [-0.3, -0.25) is 4.57 Å². The SMILES string of the molecule is CCP(=O)(O)c1ccccc1.[Eu].